The average Bonchev–Trinajstić information content (AvgIpc) is 3.75. The molecule has 0 unspecified atom stereocenters. The highest BCUT2D eigenvalue weighted by atomic mass is 16.5. The van der Waals surface area contributed by atoms with Gasteiger partial charge in [0.05, 0.1) is 36.9 Å². The number of hydrogen-bond donors (Lipinski definition) is 3. The standard InChI is InChI=1S/C35H38N6O5/c1-21-12-23(13-27-20-37-40-30(21)27)15-29-33(43)41(2)7-9-46-11-10-45-8-3-4-22-14-28-31(36-19-22)39-34(44)35(28)17-25-6-5-24(32(42)38-29)16-26(25)18-35/h5-6,12-14,16,19-20,29H,3-4,7-11,15,17-18H2,1-2H3,(H,37,40)(H,38,42)(H,36,39,44)/t29-,35-/m1/s1. The van der Waals surface area contributed by atoms with Crippen molar-refractivity contribution in [3.63, 3.8) is 0 Å². The maximum absolute atomic E-state index is 13.8. The first kappa shape index (κ1) is 30.1. The summed E-state index contributed by atoms with van der Waals surface area (Å²) in [6.07, 6.45) is 6.52. The zero-order valence-electron chi connectivity index (χ0n) is 26.2. The lowest BCUT2D eigenvalue weighted by Gasteiger charge is -2.25. The van der Waals surface area contributed by atoms with Crippen molar-refractivity contribution < 1.29 is 23.9 Å². The fraction of sp³-hybridized carbons (Fsp3) is 0.400. The minimum absolute atomic E-state index is 0.0641. The summed E-state index contributed by atoms with van der Waals surface area (Å²) in [5, 5.41) is 14.1. The van der Waals surface area contributed by atoms with Gasteiger partial charge in [-0.25, -0.2) is 4.98 Å². The van der Waals surface area contributed by atoms with Crippen molar-refractivity contribution in [3.8, 4) is 0 Å². The molecule has 11 heteroatoms. The summed E-state index contributed by atoms with van der Waals surface area (Å²) in [6, 6.07) is 10.9. The normalized spacial score (nSPS) is 22.4. The van der Waals surface area contributed by atoms with Gasteiger partial charge in [0, 0.05) is 49.3 Å². The van der Waals surface area contributed by atoms with E-state index in [2.05, 4.69) is 31.9 Å². The predicted molar refractivity (Wildman–Crippen MR) is 172 cm³/mol. The van der Waals surface area contributed by atoms with Gasteiger partial charge < -0.3 is 25.0 Å². The fourth-order valence-electron chi connectivity index (χ4n) is 7.01. The number of pyridine rings is 1. The van der Waals surface area contributed by atoms with E-state index >= 15 is 0 Å². The molecule has 46 heavy (non-hydrogen) atoms. The zero-order valence-corrected chi connectivity index (χ0v) is 26.2. The molecule has 3 N–H and O–H groups in total. The molecule has 11 nitrogen and oxygen atoms in total. The van der Waals surface area contributed by atoms with Gasteiger partial charge in [-0.15, -0.1) is 0 Å². The number of aryl methyl sites for hydroxylation is 2. The Balaban J connectivity index is 1.19. The summed E-state index contributed by atoms with van der Waals surface area (Å²) in [4.78, 5) is 47.2. The third-order valence-corrected chi connectivity index (χ3v) is 9.50. The molecule has 0 saturated carbocycles. The van der Waals surface area contributed by atoms with Crippen LogP contribution >= 0.6 is 0 Å². The number of fused-ring (bicyclic) bond motifs is 3. The molecule has 238 valence electrons. The van der Waals surface area contributed by atoms with Crippen LogP contribution in [0.25, 0.3) is 10.9 Å². The summed E-state index contributed by atoms with van der Waals surface area (Å²) in [5.41, 5.74) is 6.53. The highest BCUT2D eigenvalue weighted by Crippen LogP contribution is 2.47. The number of rotatable bonds is 2. The van der Waals surface area contributed by atoms with Crippen LogP contribution in [0, 0.1) is 6.92 Å². The van der Waals surface area contributed by atoms with Crippen LogP contribution < -0.4 is 10.6 Å². The quantitative estimate of drug-likeness (QED) is 0.313. The van der Waals surface area contributed by atoms with E-state index in [1.807, 2.05) is 37.4 Å². The second kappa shape index (κ2) is 12.3. The Hall–Kier alpha value is -4.61. The molecule has 2 aliphatic heterocycles. The van der Waals surface area contributed by atoms with Crippen molar-refractivity contribution in [1.29, 1.82) is 0 Å². The van der Waals surface area contributed by atoms with Crippen molar-refractivity contribution in [1.82, 2.24) is 25.4 Å². The van der Waals surface area contributed by atoms with Gasteiger partial charge in [-0.3, -0.25) is 19.5 Å². The van der Waals surface area contributed by atoms with E-state index < -0.39 is 11.5 Å². The molecule has 0 radical (unpaired) electrons. The fourth-order valence-corrected chi connectivity index (χ4v) is 7.01. The predicted octanol–water partition coefficient (Wildman–Crippen LogP) is 3.03. The number of amides is 3. The van der Waals surface area contributed by atoms with E-state index in [1.54, 1.807) is 24.2 Å². The van der Waals surface area contributed by atoms with E-state index in [0.717, 1.165) is 57.1 Å². The van der Waals surface area contributed by atoms with Crippen LogP contribution in [0.4, 0.5) is 5.82 Å². The topological polar surface area (TPSA) is 139 Å². The first-order valence-corrected chi connectivity index (χ1v) is 15.9. The molecule has 2 aromatic carbocycles. The third kappa shape index (κ3) is 5.65. The minimum Gasteiger partial charge on any atom is -0.379 e. The summed E-state index contributed by atoms with van der Waals surface area (Å²) in [7, 11) is 1.73. The van der Waals surface area contributed by atoms with Gasteiger partial charge in [-0.05, 0) is 84.7 Å². The Morgan fingerprint density at radius 2 is 1.80 bits per heavy atom. The lowest BCUT2D eigenvalue weighted by molar-refractivity contribution is -0.132. The molecule has 1 aliphatic carbocycles. The minimum atomic E-state index is -0.806. The lowest BCUT2D eigenvalue weighted by atomic mass is 9.79. The Morgan fingerprint density at radius 3 is 2.67 bits per heavy atom. The monoisotopic (exact) mass is 622 g/mol. The van der Waals surface area contributed by atoms with E-state index in [0.29, 0.717) is 63.6 Å². The Labute approximate surface area is 267 Å². The number of H-pyrrole nitrogens is 1. The number of aromatic amines is 1. The van der Waals surface area contributed by atoms with Gasteiger partial charge in [0.25, 0.3) is 5.91 Å². The first-order chi connectivity index (χ1) is 22.3. The van der Waals surface area contributed by atoms with Crippen LogP contribution in [0.3, 0.4) is 0 Å². The highest BCUT2D eigenvalue weighted by Gasteiger charge is 2.51. The number of nitrogens with zero attached hydrogens (tertiary/aromatic N) is 3. The molecule has 5 bridgehead atoms. The van der Waals surface area contributed by atoms with Crippen LogP contribution in [0.15, 0.2) is 48.8 Å². The largest absolute Gasteiger partial charge is 0.379 e. The lowest BCUT2D eigenvalue weighted by Crippen LogP contribution is -2.49. The molecule has 1 spiro atoms. The molecular weight excluding hydrogens is 584 g/mol. The Bertz CT molecular complexity index is 1840. The maximum Gasteiger partial charge on any atom is 0.251 e. The number of likely N-dealkylation sites (N-methyl/N-ethyl adjacent to an activating group) is 1. The summed E-state index contributed by atoms with van der Waals surface area (Å²) in [6.45, 7) is 4.18. The van der Waals surface area contributed by atoms with Crippen molar-refractivity contribution >= 4 is 34.4 Å². The van der Waals surface area contributed by atoms with Crippen LogP contribution in [-0.2, 0) is 50.2 Å². The molecule has 3 amide bonds. The van der Waals surface area contributed by atoms with Gasteiger partial charge in [0.2, 0.25) is 11.8 Å². The molecule has 3 aliphatic rings. The SMILES string of the molecule is Cc1cc(C[C@H]2NC(=O)c3ccc4c(c3)C[C@@]3(C4)C(=O)Nc4ncc(cc43)CCCOCCOCCN(C)C2=O)cc2cn[nH]c12. The second-order valence-corrected chi connectivity index (χ2v) is 12.7. The molecule has 0 saturated heterocycles. The van der Waals surface area contributed by atoms with E-state index in [9.17, 15) is 14.4 Å². The number of aromatic nitrogens is 3. The summed E-state index contributed by atoms with van der Waals surface area (Å²) >= 11 is 0. The van der Waals surface area contributed by atoms with Crippen molar-refractivity contribution in [2.24, 2.45) is 0 Å². The van der Waals surface area contributed by atoms with E-state index in [4.69, 9.17) is 9.47 Å². The van der Waals surface area contributed by atoms with Crippen LogP contribution in [0.2, 0.25) is 0 Å². The van der Waals surface area contributed by atoms with Gasteiger partial charge in [-0.2, -0.15) is 5.10 Å². The Kier molecular flexibility index (Phi) is 8.04. The van der Waals surface area contributed by atoms with Gasteiger partial charge in [0.1, 0.15) is 11.9 Å². The Morgan fingerprint density at radius 1 is 0.978 bits per heavy atom. The van der Waals surface area contributed by atoms with E-state index in [1.165, 1.54) is 0 Å². The maximum atomic E-state index is 13.8. The molecular formula is C35H38N6O5. The first-order valence-electron chi connectivity index (χ1n) is 15.9. The summed E-state index contributed by atoms with van der Waals surface area (Å²) < 4.78 is 11.5. The number of carbonyl (C=O) groups excluding carboxylic acids is 3. The van der Waals surface area contributed by atoms with E-state index in [-0.39, 0.29) is 17.7 Å². The molecule has 7 rings (SSSR count). The van der Waals surface area contributed by atoms with Crippen molar-refractivity contribution in [3.05, 3.63) is 87.7 Å². The van der Waals surface area contributed by atoms with Gasteiger partial charge in [-0.1, -0.05) is 12.1 Å². The zero-order chi connectivity index (χ0) is 31.8. The van der Waals surface area contributed by atoms with Crippen molar-refractivity contribution in [2.45, 2.75) is 50.5 Å². The number of nitrogens with one attached hydrogen (secondary N) is 3. The number of ether oxygens (including phenoxy) is 2. The number of carbonyl (C=O) groups is 3. The number of anilines is 1. The highest BCUT2D eigenvalue weighted by molar-refractivity contribution is 6.06. The van der Waals surface area contributed by atoms with Crippen LogP contribution in [0.1, 0.15) is 50.2 Å². The third-order valence-electron chi connectivity index (χ3n) is 9.50. The van der Waals surface area contributed by atoms with Crippen LogP contribution in [-0.4, -0.2) is 83.9 Å². The molecule has 4 heterocycles. The molecule has 4 aromatic rings. The van der Waals surface area contributed by atoms with Crippen LogP contribution in [0.5, 0.6) is 0 Å². The van der Waals surface area contributed by atoms with Gasteiger partial charge >= 0.3 is 0 Å². The smallest absolute Gasteiger partial charge is 0.251 e. The molecule has 2 aromatic heterocycles. The second-order valence-electron chi connectivity index (χ2n) is 12.7. The average molecular weight is 623 g/mol. The number of benzene rings is 2. The molecule has 0 fully saturated rings. The number of hydrogen-bond acceptors (Lipinski definition) is 7. The van der Waals surface area contributed by atoms with Crippen molar-refractivity contribution in [2.75, 3.05) is 45.3 Å². The van der Waals surface area contributed by atoms with Gasteiger partial charge in [0.15, 0.2) is 0 Å². The summed E-state index contributed by atoms with van der Waals surface area (Å²) in [5.74, 6) is -0.00210. The molecule has 2 atom stereocenters.